The summed E-state index contributed by atoms with van der Waals surface area (Å²) >= 11 is 0. The number of fused-ring (bicyclic) bond motifs is 1. The predicted molar refractivity (Wildman–Crippen MR) is 72.0 cm³/mol. The van der Waals surface area contributed by atoms with Gasteiger partial charge in [-0.05, 0) is 19.1 Å². The number of nitrogens with one attached hydrogen (secondary N) is 1. The summed E-state index contributed by atoms with van der Waals surface area (Å²) in [7, 11) is 0. The second-order valence-corrected chi connectivity index (χ2v) is 4.81. The number of hydrogen-bond acceptors (Lipinski definition) is 2. The van der Waals surface area contributed by atoms with Gasteiger partial charge in [-0.2, -0.15) is 5.10 Å². The van der Waals surface area contributed by atoms with E-state index in [0.29, 0.717) is 5.92 Å². The van der Waals surface area contributed by atoms with E-state index < -0.39 is 0 Å². The summed E-state index contributed by atoms with van der Waals surface area (Å²) in [5.74, 6) is 1.40. The molecule has 3 aromatic rings. The third-order valence-corrected chi connectivity index (χ3v) is 3.06. The van der Waals surface area contributed by atoms with Gasteiger partial charge in [0.05, 0.1) is 11.4 Å². The highest BCUT2D eigenvalue weighted by Gasteiger charge is 2.15. The summed E-state index contributed by atoms with van der Waals surface area (Å²) in [4.78, 5) is 8.01. The lowest BCUT2D eigenvalue weighted by molar-refractivity contribution is 0.786. The van der Waals surface area contributed by atoms with Crippen molar-refractivity contribution in [3.8, 4) is 5.69 Å². The smallest absolute Gasteiger partial charge is 0.181 e. The van der Waals surface area contributed by atoms with Crippen molar-refractivity contribution in [2.24, 2.45) is 0 Å². The van der Waals surface area contributed by atoms with Crippen LogP contribution in [-0.2, 0) is 0 Å². The third-order valence-electron chi connectivity index (χ3n) is 3.06. The molecule has 92 valence electrons. The number of nitrogens with zero attached hydrogens (tertiary/aromatic N) is 3. The normalized spacial score (nSPS) is 11.6. The van der Waals surface area contributed by atoms with Gasteiger partial charge in [-0.15, -0.1) is 0 Å². The standard InChI is InChI=1S/C14H16N4/c1-9(2)13-15-12-10(3)17-18(14(12)16-13)11-7-5-4-6-8-11/h4-9H,1-3H3,(H,15,16). The number of aromatic nitrogens is 4. The summed E-state index contributed by atoms with van der Waals surface area (Å²) in [5, 5.41) is 4.54. The molecule has 0 bridgehead atoms. The molecule has 0 saturated heterocycles. The molecule has 2 aromatic heterocycles. The summed E-state index contributed by atoms with van der Waals surface area (Å²) in [6, 6.07) is 10.1. The van der Waals surface area contributed by atoms with Crippen molar-refractivity contribution in [2.75, 3.05) is 0 Å². The Morgan fingerprint density at radius 3 is 2.56 bits per heavy atom. The van der Waals surface area contributed by atoms with Crippen molar-refractivity contribution >= 4 is 11.2 Å². The molecule has 3 rings (SSSR count). The molecule has 0 fully saturated rings. The highest BCUT2D eigenvalue weighted by atomic mass is 15.3. The van der Waals surface area contributed by atoms with E-state index in [-0.39, 0.29) is 0 Å². The summed E-state index contributed by atoms with van der Waals surface area (Å²) in [5.41, 5.74) is 3.95. The van der Waals surface area contributed by atoms with Crippen molar-refractivity contribution < 1.29 is 0 Å². The highest BCUT2D eigenvalue weighted by Crippen LogP contribution is 2.22. The summed E-state index contributed by atoms with van der Waals surface area (Å²) < 4.78 is 1.90. The zero-order chi connectivity index (χ0) is 12.7. The first-order chi connectivity index (χ1) is 8.66. The Morgan fingerprint density at radius 1 is 1.17 bits per heavy atom. The first kappa shape index (κ1) is 11.0. The molecule has 0 unspecified atom stereocenters. The van der Waals surface area contributed by atoms with E-state index in [1.54, 1.807) is 0 Å². The largest absolute Gasteiger partial charge is 0.339 e. The molecule has 18 heavy (non-hydrogen) atoms. The maximum absolute atomic E-state index is 4.65. The molecule has 2 heterocycles. The minimum atomic E-state index is 0.390. The van der Waals surface area contributed by atoms with Gasteiger partial charge >= 0.3 is 0 Å². The number of para-hydroxylation sites is 1. The number of rotatable bonds is 2. The number of aryl methyl sites for hydroxylation is 1. The average Bonchev–Trinajstić information content (AvgIpc) is 2.92. The van der Waals surface area contributed by atoms with Gasteiger partial charge < -0.3 is 4.98 Å². The van der Waals surface area contributed by atoms with Crippen molar-refractivity contribution in [3.63, 3.8) is 0 Å². The van der Waals surface area contributed by atoms with Crippen LogP contribution in [-0.4, -0.2) is 19.7 Å². The van der Waals surface area contributed by atoms with Gasteiger partial charge in [-0.3, -0.25) is 0 Å². The lowest BCUT2D eigenvalue weighted by atomic mass is 10.2. The Hall–Kier alpha value is -2.10. The van der Waals surface area contributed by atoms with Crippen LogP contribution in [0.25, 0.3) is 16.9 Å². The van der Waals surface area contributed by atoms with E-state index in [9.17, 15) is 0 Å². The second kappa shape index (κ2) is 3.98. The fourth-order valence-electron chi connectivity index (χ4n) is 2.06. The number of benzene rings is 1. The molecule has 0 aliphatic rings. The number of hydrogen-bond donors (Lipinski definition) is 1. The van der Waals surface area contributed by atoms with Crippen LogP contribution < -0.4 is 0 Å². The van der Waals surface area contributed by atoms with Crippen molar-refractivity contribution in [1.29, 1.82) is 0 Å². The van der Waals surface area contributed by atoms with Crippen LogP contribution in [0.2, 0.25) is 0 Å². The molecular formula is C14H16N4. The average molecular weight is 240 g/mol. The van der Waals surface area contributed by atoms with Gasteiger partial charge in [0.15, 0.2) is 5.65 Å². The lowest BCUT2D eigenvalue weighted by Crippen LogP contribution is -1.98. The van der Waals surface area contributed by atoms with Crippen LogP contribution in [0.1, 0.15) is 31.3 Å². The van der Waals surface area contributed by atoms with Crippen LogP contribution in [0.15, 0.2) is 30.3 Å². The van der Waals surface area contributed by atoms with Crippen LogP contribution in [0, 0.1) is 6.92 Å². The fraction of sp³-hybridized carbons (Fsp3) is 0.286. The topological polar surface area (TPSA) is 46.5 Å². The van der Waals surface area contributed by atoms with Gasteiger partial charge in [-0.1, -0.05) is 32.0 Å². The summed E-state index contributed by atoms with van der Waals surface area (Å²) in [6.45, 7) is 6.27. The minimum Gasteiger partial charge on any atom is -0.339 e. The predicted octanol–water partition coefficient (Wildman–Crippen LogP) is 3.18. The Labute approximate surface area is 106 Å². The monoisotopic (exact) mass is 240 g/mol. The van der Waals surface area contributed by atoms with Crippen LogP contribution >= 0.6 is 0 Å². The zero-order valence-electron chi connectivity index (χ0n) is 10.8. The van der Waals surface area contributed by atoms with E-state index in [1.165, 1.54) is 0 Å². The molecule has 0 amide bonds. The molecule has 0 radical (unpaired) electrons. The maximum Gasteiger partial charge on any atom is 0.181 e. The molecule has 0 aliphatic carbocycles. The van der Waals surface area contributed by atoms with Crippen LogP contribution in [0.5, 0.6) is 0 Å². The third kappa shape index (κ3) is 1.61. The maximum atomic E-state index is 4.65. The van der Waals surface area contributed by atoms with Crippen LogP contribution in [0.4, 0.5) is 0 Å². The van der Waals surface area contributed by atoms with Gasteiger partial charge in [0.1, 0.15) is 11.3 Å². The summed E-state index contributed by atoms with van der Waals surface area (Å²) in [6.07, 6.45) is 0. The second-order valence-electron chi connectivity index (χ2n) is 4.81. The Morgan fingerprint density at radius 2 is 1.89 bits per heavy atom. The molecule has 4 nitrogen and oxygen atoms in total. The minimum absolute atomic E-state index is 0.390. The van der Waals surface area contributed by atoms with Gasteiger partial charge in [-0.25, -0.2) is 9.67 Å². The molecule has 0 aliphatic heterocycles. The molecule has 0 atom stereocenters. The zero-order valence-corrected chi connectivity index (χ0v) is 10.8. The van der Waals surface area contributed by atoms with Crippen LogP contribution in [0.3, 0.4) is 0 Å². The first-order valence-electron chi connectivity index (χ1n) is 6.17. The number of H-pyrrole nitrogens is 1. The first-order valence-corrected chi connectivity index (χ1v) is 6.17. The quantitative estimate of drug-likeness (QED) is 0.747. The molecular weight excluding hydrogens is 224 g/mol. The van der Waals surface area contributed by atoms with E-state index >= 15 is 0 Å². The Balaban J connectivity index is 2.24. The van der Waals surface area contributed by atoms with Crippen molar-refractivity contribution in [2.45, 2.75) is 26.7 Å². The molecule has 4 heteroatoms. The highest BCUT2D eigenvalue weighted by molar-refractivity contribution is 5.76. The molecule has 1 N–H and O–H groups in total. The number of aromatic amines is 1. The van der Waals surface area contributed by atoms with E-state index in [2.05, 4.69) is 28.9 Å². The van der Waals surface area contributed by atoms with Crippen molar-refractivity contribution in [1.82, 2.24) is 19.7 Å². The van der Waals surface area contributed by atoms with E-state index in [1.807, 2.05) is 41.9 Å². The van der Waals surface area contributed by atoms with E-state index in [0.717, 1.165) is 28.4 Å². The molecule has 1 aromatic carbocycles. The fourth-order valence-corrected chi connectivity index (χ4v) is 2.06. The van der Waals surface area contributed by atoms with Gasteiger partial charge in [0.2, 0.25) is 0 Å². The van der Waals surface area contributed by atoms with E-state index in [4.69, 9.17) is 0 Å². The SMILES string of the molecule is Cc1nn(-c2ccccc2)c2nc(C(C)C)[nH]c12. The lowest BCUT2D eigenvalue weighted by Gasteiger charge is -2.01. The molecule has 0 saturated carbocycles. The van der Waals surface area contributed by atoms with Gasteiger partial charge in [0, 0.05) is 5.92 Å². The Bertz CT molecular complexity index is 676. The number of imidazole rings is 1. The Kier molecular flexibility index (Phi) is 2.44. The van der Waals surface area contributed by atoms with Crippen molar-refractivity contribution in [3.05, 3.63) is 41.9 Å². The molecule has 0 spiro atoms. The van der Waals surface area contributed by atoms with Gasteiger partial charge in [0.25, 0.3) is 0 Å².